The second kappa shape index (κ2) is 7.38. The highest BCUT2D eigenvalue weighted by Gasteiger charge is 2.33. The minimum Gasteiger partial charge on any atom is -0.442 e. The number of carbonyl (C=O) groups excluding carboxylic acids is 2. The van der Waals surface area contributed by atoms with Crippen molar-refractivity contribution in [1.82, 2.24) is 15.1 Å². The monoisotopic (exact) mass is 401 g/mol. The molecule has 4 rings (SSSR count). The first-order valence-corrected chi connectivity index (χ1v) is 9.66. The fourth-order valence-electron chi connectivity index (χ4n) is 3.63. The molecule has 2 aromatic rings. The van der Waals surface area contributed by atoms with E-state index in [1.807, 2.05) is 15.8 Å². The molecule has 154 valence electrons. The molecule has 1 N–H and O–H groups in total. The van der Waals surface area contributed by atoms with Gasteiger partial charge in [-0.25, -0.2) is 9.18 Å². The van der Waals surface area contributed by atoms with Crippen LogP contribution in [0.3, 0.4) is 0 Å². The summed E-state index contributed by atoms with van der Waals surface area (Å²) >= 11 is 0. The molecule has 2 amide bonds. The molecule has 2 aliphatic heterocycles. The number of benzene rings is 1. The van der Waals surface area contributed by atoms with Gasteiger partial charge in [0, 0.05) is 31.3 Å². The number of carbonyl (C=O) groups is 2. The van der Waals surface area contributed by atoms with Crippen molar-refractivity contribution < 1.29 is 18.7 Å². The summed E-state index contributed by atoms with van der Waals surface area (Å²) in [5.41, 5.74) is 2.98. The predicted octanol–water partition coefficient (Wildman–Crippen LogP) is 2.58. The van der Waals surface area contributed by atoms with Crippen LogP contribution in [-0.4, -0.2) is 41.0 Å². The van der Waals surface area contributed by atoms with Crippen LogP contribution in [-0.2, 0) is 22.6 Å². The minimum absolute atomic E-state index is 0.193. The Kier molecular flexibility index (Phi) is 4.89. The Hall–Kier alpha value is -3.10. The van der Waals surface area contributed by atoms with E-state index in [-0.39, 0.29) is 19.0 Å². The normalized spacial score (nSPS) is 18.4. The van der Waals surface area contributed by atoms with Gasteiger partial charge in [0.15, 0.2) is 0 Å². The second-order valence-electron chi connectivity index (χ2n) is 7.72. The topological polar surface area (TPSA) is 79.7 Å². The number of cyclic esters (lactones) is 1. The molecule has 1 fully saturated rings. The molecule has 1 aromatic heterocycles. The summed E-state index contributed by atoms with van der Waals surface area (Å²) in [5, 5.41) is 7.20. The maximum atomic E-state index is 14.9. The lowest BCUT2D eigenvalue weighted by molar-refractivity contribution is -0.119. The number of hydrogen-bond acceptors (Lipinski definition) is 5. The van der Waals surface area contributed by atoms with Gasteiger partial charge in [0.25, 0.3) is 0 Å². The van der Waals surface area contributed by atoms with Gasteiger partial charge < -0.3 is 15.0 Å². The van der Waals surface area contributed by atoms with Crippen molar-refractivity contribution in [2.75, 3.05) is 22.9 Å². The van der Waals surface area contributed by atoms with Crippen molar-refractivity contribution in [3.8, 4) is 0 Å². The molecule has 0 saturated carbocycles. The molecule has 1 saturated heterocycles. The zero-order chi connectivity index (χ0) is 20.7. The lowest BCUT2D eigenvalue weighted by atomic mass is 10.2. The van der Waals surface area contributed by atoms with E-state index >= 15 is 0 Å². The van der Waals surface area contributed by atoms with E-state index in [1.54, 1.807) is 12.1 Å². The number of hydrogen-bond donors (Lipinski definition) is 1. The highest BCUT2D eigenvalue weighted by atomic mass is 19.1. The van der Waals surface area contributed by atoms with E-state index in [0.717, 1.165) is 11.3 Å². The molecule has 0 radical (unpaired) electrons. The number of amides is 2. The first-order valence-electron chi connectivity index (χ1n) is 9.66. The largest absolute Gasteiger partial charge is 0.442 e. The SMILES string of the molecule is CC(=O)NC[C@H]1CN(c2ccc(N3Cc4cn(C(C)C)nc4C3)c(F)c2)C(=O)O1. The predicted molar refractivity (Wildman–Crippen MR) is 105 cm³/mol. The molecule has 29 heavy (non-hydrogen) atoms. The van der Waals surface area contributed by atoms with Crippen molar-refractivity contribution in [2.24, 2.45) is 0 Å². The Bertz CT molecular complexity index is 934. The summed E-state index contributed by atoms with van der Waals surface area (Å²) in [6.07, 6.45) is 1.01. The van der Waals surface area contributed by atoms with E-state index < -0.39 is 18.0 Å². The van der Waals surface area contributed by atoms with Gasteiger partial charge in [0.1, 0.15) is 11.9 Å². The van der Waals surface area contributed by atoms with Crippen molar-refractivity contribution >= 4 is 23.4 Å². The van der Waals surface area contributed by atoms with Crippen molar-refractivity contribution in [2.45, 2.75) is 46.0 Å². The molecule has 9 heteroatoms. The first kappa shape index (κ1) is 19.2. The number of nitrogens with zero attached hydrogens (tertiary/aromatic N) is 4. The molecule has 0 spiro atoms. The van der Waals surface area contributed by atoms with Gasteiger partial charge in [0.05, 0.1) is 36.7 Å². The van der Waals surface area contributed by atoms with Gasteiger partial charge in [-0.1, -0.05) is 0 Å². The third-order valence-corrected chi connectivity index (χ3v) is 5.16. The number of anilines is 2. The summed E-state index contributed by atoms with van der Waals surface area (Å²) in [7, 11) is 0. The zero-order valence-corrected chi connectivity index (χ0v) is 16.7. The van der Waals surface area contributed by atoms with Crippen molar-refractivity contribution in [3.05, 3.63) is 41.5 Å². The third-order valence-electron chi connectivity index (χ3n) is 5.16. The number of aromatic nitrogens is 2. The van der Waals surface area contributed by atoms with Crippen LogP contribution in [0.25, 0.3) is 0 Å². The summed E-state index contributed by atoms with van der Waals surface area (Å²) in [4.78, 5) is 26.5. The average Bonchev–Trinajstić information content (AvgIpc) is 3.32. The lowest BCUT2D eigenvalue weighted by Crippen LogP contribution is -2.33. The van der Waals surface area contributed by atoms with Crippen LogP contribution in [0.4, 0.5) is 20.6 Å². The molecule has 3 heterocycles. The zero-order valence-electron chi connectivity index (χ0n) is 16.7. The van der Waals surface area contributed by atoms with Crippen LogP contribution in [0.2, 0.25) is 0 Å². The van der Waals surface area contributed by atoms with Gasteiger partial charge in [-0.2, -0.15) is 5.10 Å². The van der Waals surface area contributed by atoms with E-state index in [4.69, 9.17) is 4.74 Å². The summed E-state index contributed by atoms with van der Waals surface area (Å²) in [5.74, 6) is -0.594. The van der Waals surface area contributed by atoms with Crippen LogP contribution in [0.5, 0.6) is 0 Å². The number of halogens is 1. The van der Waals surface area contributed by atoms with Crippen LogP contribution >= 0.6 is 0 Å². The third kappa shape index (κ3) is 3.76. The molecule has 1 atom stereocenters. The summed E-state index contributed by atoms with van der Waals surface area (Å²) < 4.78 is 22.0. The molecule has 8 nitrogen and oxygen atoms in total. The highest BCUT2D eigenvalue weighted by molar-refractivity contribution is 5.90. The first-order chi connectivity index (χ1) is 13.8. The molecule has 0 aliphatic carbocycles. The molecular formula is C20H24FN5O3. The fourth-order valence-corrected chi connectivity index (χ4v) is 3.63. The van der Waals surface area contributed by atoms with Gasteiger partial charge in [-0.3, -0.25) is 14.4 Å². The lowest BCUT2D eigenvalue weighted by Gasteiger charge is -2.21. The van der Waals surface area contributed by atoms with Crippen LogP contribution in [0.1, 0.15) is 38.1 Å². The Morgan fingerprint density at radius 1 is 1.38 bits per heavy atom. The quantitative estimate of drug-likeness (QED) is 0.833. The molecule has 1 aromatic carbocycles. The minimum atomic E-state index is -0.545. The van der Waals surface area contributed by atoms with E-state index in [0.29, 0.717) is 30.5 Å². The van der Waals surface area contributed by atoms with Crippen LogP contribution in [0, 0.1) is 5.82 Å². The van der Waals surface area contributed by atoms with E-state index in [1.165, 1.54) is 17.9 Å². The van der Waals surface area contributed by atoms with Gasteiger partial charge >= 0.3 is 6.09 Å². The number of nitrogens with one attached hydrogen (secondary N) is 1. The summed E-state index contributed by atoms with van der Waals surface area (Å²) in [6, 6.07) is 5.04. The number of rotatable bonds is 5. The van der Waals surface area contributed by atoms with E-state index in [9.17, 15) is 14.0 Å². The molecule has 2 aliphatic rings. The van der Waals surface area contributed by atoms with Crippen molar-refractivity contribution in [3.63, 3.8) is 0 Å². The van der Waals surface area contributed by atoms with Crippen LogP contribution < -0.4 is 15.1 Å². The second-order valence-corrected chi connectivity index (χ2v) is 7.72. The number of fused-ring (bicyclic) bond motifs is 1. The Balaban J connectivity index is 1.45. The highest BCUT2D eigenvalue weighted by Crippen LogP contribution is 2.33. The van der Waals surface area contributed by atoms with Crippen molar-refractivity contribution in [1.29, 1.82) is 0 Å². The summed E-state index contributed by atoms with van der Waals surface area (Å²) in [6.45, 7) is 7.19. The van der Waals surface area contributed by atoms with E-state index in [2.05, 4.69) is 24.3 Å². The maximum Gasteiger partial charge on any atom is 0.414 e. The Morgan fingerprint density at radius 3 is 2.83 bits per heavy atom. The fraction of sp³-hybridized carbons (Fsp3) is 0.450. The standard InChI is InChI=1S/C20H24FN5O3/c1-12(2)26-9-14-8-24(11-18(14)23-26)19-5-4-15(6-17(19)21)25-10-16(29-20(25)28)7-22-13(3)27/h4-6,9,12,16H,7-8,10-11H2,1-3H3,(H,22,27)/t16-/m0/s1. The molecular weight excluding hydrogens is 377 g/mol. The Morgan fingerprint density at radius 2 is 2.17 bits per heavy atom. The Labute approximate surface area is 168 Å². The van der Waals surface area contributed by atoms with Crippen LogP contribution in [0.15, 0.2) is 24.4 Å². The number of ether oxygens (including phenoxy) is 1. The average molecular weight is 401 g/mol. The van der Waals surface area contributed by atoms with Gasteiger partial charge in [0.2, 0.25) is 5.91 Å². The maximum absolute atomic E-state index is 14.9. The van der Waals surface area contributed by atoms with Gasteiger partial charge in [-0.15, -0.1) is 0 Å². The molecule has 0 bridgehead atoms. The smallest absolute Gasteiger partial charge is 0.414 e. The molecule has 0 unspecified atom stereocenters. The van der Waals surface area contributed by atoms with Gasteiger partial charge in [-0.05, 0) is 32.0 Å².